The Bertz CT molecular complexity index is 749. The van der Waals surface area contributed by atoms with Crippen molar-refractivity contribution in [2.75, 3.05) is 27.7 Å². The molecule has 0 aliphatic carbocycles. The van der Waals surface area contributed by atoms with E-state index in [0.29, 0.717) is 6.54 Å². The first-order valence-corrected chi connectivity index (χ1v) is 9.45. The fraction of sp³-hybridized carbons (Fsp3) is 0.368. The summed E-state index contributed by atoms with van der Waals surface area (Å²) in [5.74, 6) is 0.617. The number of nitrogens with one attached hydrogen (secondary N) is 2. The minimum absolute atomic E-state index is 0.00617. The fourth-order valence-electron chi connectivity index (χ4n) is 2.80. The van der Waals surface area contributed by atoms with E-state index in [1.165, 1.54) is 11.3 Å². The summed E-state index contributed by atoms with van der Waals surface area (Å²) in [4.78, 5) is 26.6. The van der Waals surface area contributed by atoms with E-state index in [2.05, 4.69) is 10.6 Å². The molecule has 0 radical (unpaired) electrons. The first kappa shape index (κ1) is 20.7. The maximum atomic E-state index is 12.5. The Morgan fingerprint density at radius 1 is 1.26 bits per heavy atom. The van der Waals surface area contributed by atoms with Gasteiger partial charge in [-0.2, -0.15) is 0 Å². The molecule has 8 heteroatoms. The SMILES string of the molecule is COc1cccc(C(CNC(=O)CC(NC(N)=O)c2cccs2)N(C)C)c1. The van der Waals surface area contributed by atoms with Crippen molar-refractivity contribution in [3.8, 4) is 5.75 Å². The minimum atomic E-state index is -0.649. The van der Waals surface area contributed by atoms with Gasteiger partial charge in [0.05, 0.1) is 25.6 Å². The van der Waals surface area contributed by atoms with Crippen molar-refractivity contribution in [2.24, 2.45) is 5.73 Å². The van der Waals surface area contributed by atoms with Crippen LogP contribution in [0.5, 0.6) is 5.75 Å². The average Bonchev–Trinajstić information content (AvgIpc) is 3.15. The molecule has 7 nitrogen and oxygen atoms in total. The third kappa shape index (κ3) is 6.26. The third-order valence-electron chi connectivity index (χ3n) is 4.19. The van der Waals surface area contributed by atoms with Gasteiger partial charge in [-0.3, -0.25) is 4.79 Å². The molecule has 1 aromatic heterocycles. The van der Waals surface area contributed by atoms with Crippen LogP contribution in [0.2, 0.25) is 0 Å². The summed E-state index contributed by atoms with van der Waals surface area (Å²) in [7, 11) is 5.54. The van der Waals surface area contributed by atoms with Gasteiger partial charge >= 0.3 is 6.03 Å². The lowest BCUT2D eigenvalue weighted by atomic mass is 10.1. The predicted molar refractivity (Wildman–Crippen MR) is 107 cm³/mol. The summed E-state index contributed by atoms with van der Waals surface area (Å²) < 4.78 is 5.28. The second-order valence-corrected chi connectivity index (χ2v) is 7.32. The number of likely N-dealkylation sites (N-methyl/N-ethyl adjacent to an activating group) is 1. The van der Waals surface area contributed by atoms with Gasteiger partial charge in [0.2, 0.25) is 5.91 Å². The van der Waals surface area contributed by atoms with Gasteiger partial charge in [-0.1, -0.05) is 18.2 Å². The number of hydrogen-bond donors (Lipinski definition) is 3. The number of nitrogens with zero attached hydrogens (tertiary/aromatic N) is 1. The summed E-state index contributed by atoms with van der Waals surface area (Å²) >= 11 is 1.47. The van der Waals surface area contributed by atoms with Gasteiger partial charge < -0.3 is 26.0 Å². The van der Waals surface area contributed by atoms with Crippen LogP contribution in [-0.4, -0.2) is 44.6 Å². The molecule has 0 bridgehead atoms. The molecule has 4 N–H and O–H groups in total. The predicted octanol–water partition coefficient (Wildman–Crippen LogP) is 2.28. The summed E-state index contributed by atoms with van der Waals surface area (Å²) in [5.41, 5.74) is 6.29. The van der Waals surface area contributed by atoms with Crippen LogP contribution in [-0.2, 0) is 4.79 Å². The maximum absolute atomic E-state index is 12.5. The third-order valence-corrected chi connectivity index (χ3v) is 5.17. The molecule has 3 amide bonds. The van der Waals surface area contributed by atoms with Crippen molar-refractivity contribution in [3.05, 3.63) is 52.2 Å². The lowest BCUT2D eigenvalue weighted by molar-refractivity contribution is -0.121. The summed E-state index contributed by atoms with van der Waals surface area (Å²) in [6.07, 6.45) is 0.127. The Morgan fingerprint density at radius 2 is 2.04 bits per heavy atom. The molecule has 2 rings (SSSR count). The molecule has 2 unspecified atom stereocenters. The van der Waals surface area contributed by atoms with E-state index in [9.17, 15) is 9.59 Å². The van der Waals surface area contributed by atoms with Crippen LogP contribution in [0.1, 0.15) is 28.9 Å². The van der Waals surface area contributed by atoms with Crippen LogP contribution in [0.4, 0.5) is 4.79 Å². The van der Waals surface area contributed by atoms with Gasteiger partial charge in [-0.05, 0) is 43.2 Å². The number of urea groups is 1. The number of amides is 3. The quantitative estimate of drug-likeness (QED) is 0.612. The number of nitrogens with two attached hydrogens (primary N) is 1. The van der Waals surface area contributed by atoms with Crippen molar-refractivity contribution in [1.82, 2.24) is 15.5 Å². The first-order valence-electron chi connectivity index (χ1n) is 8.57. The topological polar surface area (TPSA) is 96.7 Å². The second-order valence-electron chi connectivity index (χ2n) is 6.34. The van der Waals surface area contributed by atoms with Crippen molar-refractivity contribution >= 4 is 23.3 Å². The monoisotopic (exact) mass is 390 g/mol. The van der Waals surface area contributed by atoms with E-state index in [0.717, 1.165) is 16.2 Å². The van der Waals surface area contributed by atoms with Crippen molar-refractivity contribution < 1.29 is 14.3 Å². The number of carbonyl (C=O) groups is 2. The summed E-state index contributed by atoms with van der Waals surface area (Å²) in [6.45, 7) is 0.437. The highest BCUT2D eigenvalue weighted by atomic mass is 32.1. The summed E-state index contributed by atoms with van der Waals surface area (Å²) in [5, 5.41) is 7.49. The van der Waals surface area contributed by atoms with Gasteiger partial charge in [-0.25, -0.2) is 4.79 Å². The Balaban J connectivity index is 2.01. The molecule has 0 aliphatic rings. The van der Waals surface area contributed by atoms with E-state index >= 15 is 0 Å². The lowest BCUT2D eigenvalue weighted by Gasteiger charge is -2.26. The minimum Gasteiger partial charge on any atom is -0.497 e. The van der Waals surface area contributed by atoms with Crippen LogP contribution in [0.3, 0.4) is 0 Å². The van der Waals surface area contributed by atoms with Crippen LogP contribution < -0.4 is 21.1 Å². The molecular formula is C19H26N4O3S. The number of primary amides is 1. The van der Waals surface area contributed by atoms with Gasteiger partial charge in [-0.15, -0.1) is 11.3 Å². The van der Waals surface area contributed by atoms with Crippen LogP contribution in [0.15, 0.2) is 41.8 Å². The van der Waals surface area contributed by atoms with Gasteiger partial charge in [0.15, 0.2) is 0 Å². The Labute approximate surface area is 163 Å². The molecule has 1 heterocycles. The summed E-state index contributed by atoms with van der Waals surface area (Å²) in [6, 6.07) is 10.4. The normalized spacial score (nSPS) is 13.0. The largest absolute Gasteiger partial charge is 0.497 e. The number of thiophene rings is 1. The molecule has 0 aliphatic heterocycles. The molecule has 0 saturated carbocycles. The Hall–Kier alpha value is -2.58. The van der Waals surface area contributed by atoms with E-state index in [1.807, 2.05) is 60.8 Å². The molecule has 146 valence electrons. The number of methoxy groups -OCH3 is 1. The number of benzene rings is 1. The van der Waals surface area contributed by atoms with Crippen LogP contribution in [0.25, 0.3) is 0 Å². The van der Waals surface area contributed by atoms with Crippen molar-refractivity contribution in [1.29, 1.82) is 0 Å². The molecular weight excluding hydrogens is 364 g/mol. The number of ether oxygens (including phenoxy) is 1. The smallest absolute Gasteiger partial charge is 0.312 e. The van der Waals surface area contributed by atoms with Gasteiger partial charge in [0.1, 0.15) is 5.75 Å². The number of hydrogen-bond acceptors (Lipinski definition) is 5. The van der Waals surface area contributed by atoms with E-state index in [-0.39, 0.29) is 18.4 Å². The fourth-order valence-corrected chi connectivity index (χ4v) is 3.58. The van der Waals surface area contributed by atoms with Crippen LogP contribution in [0, 0.1) is 0 Å². The van der Waals surface area contributed by atoms with E-state index < -0.39 is 12.1 Å². The standard InChI is InChI=1S/C19H26N4O3S/c1-23(2)16(13-6-4-7-14(10-13)26-3)12-21-18(24)11-15(22-19(20)25)17-8-5-9-27-17/h4-10,15-16H,11-12H2,1-3H3,(H,21,24)(H3,20,22,25). The zero-order valence-electron chi connectivity index (χ0n) is 15.8. The van der Waals surface area contributed by atoms with E-state index in [4.69, 9.17) is 10.5 Å². The highest BCUT2D eigenvalue weighted by Gasteiger charge is 2.20. The highest BCUT2D eigenvalue weighted by molar-refractivity contribution is 7.10. The molecule has 2 aromatic rings. The Kier molecular flexibility index (Phi) is 7.63. The number of carbonyl (C=O) groups excluding carboxylic acids is 2. The molecule has 2 atom stereocenters. The zero-order chi connectivity index (χ0) is 19.8. The van der Waals surface area contributed by atoms with E-state index in [1.54, 1.807) is 7.11 Å². The lowest BCUT2D eigenvalue weighted by Crippen LogP contribution is -2.38. The molecule has 0 fully saturated rings. The second kappa shape index (κ2) is 9.94. The van der Waals surface area contributed by atoms with Gasteiger partial charge in [0, 0.05) is 11.4 Å². The first-order chi connectivity index (χ1) is 12.9. The molecule has 0 saturated heterocycles. The molecule has 1 aromatic carbocycles. The maximum Gasteiger partial charge on any atom is 0.312 e. The highest BCUT2D eigenvalue weighted by Crippen LogP contribution is 2.24. The Morgan fingerprint density at radius 3 is 2.63 bits per heavy atom. The zero-order valence-corrected chi connectivity index (χ0v) is 16.6. The van der Waals surface area contributed by atoms with Gasteiger partial charge in [0.25, 0.3) is 0 Å². The van der Waals surface area contributed by atoms with Crippen molar-refractivity contribution in [3.63, 3.8) is 0 Å². The molecule has 27 heavy (non-hydrogen) atoms. The van der Waals surface area contributed by atoms with Crippen LogP contribution >= 0.6 is 11.3 Å². The molecule has 0 spiro atoms. The van der Waals surface area contributed by atoms with Crippen molar-refractivity contribution in [2.45, 2.75) is 18.5 Å². The average molecular weight is 391 g/mol. The number of rotatable bonds is 9.